The lowest BCUT2D eigenvalue weighted by molar-refractivity contribution is 0.0400. The third-order valence-corrected chi connectivity index (χ3v) is 9.06. The monoisotopic (exact) mass is 602 g/mol. The SMILES string of the molecule is N#Cc1cn(-c2cc(-c3ccc(F)cc3C(=O)N3CC(F)C3)cc(C3CC3)n2)c(=O)c2[nH]c(CN3CCCCC3)c(Cl)c12. The van der Waals surface area contributed by atoms with E-state index in [0.29, 0.717) is 33.8 Å². The van der Waals surface area contributed by atoms with Crippen molar-refractivity contribution in [3.8, 4) is 23.0 Å². The van der Waals surface area contributed by atoms with E-state index in [2.05, 4.69) is 16.0 Å². The molecule has 2 aliphatic heterocycles. The quantitative estimate of drug-likeness (QED) is 0.305. The maximum absolute atomic E-state index is 14.4. The van der Waals surface area contributed by atoms with Gasteiger partial charge < -0.3 is 9.88 Å². The van der Waals surface area contributed by atoms with Gasteiger partial charge in [0.15, 0.2) is 0 Å². The highest BCUT2D eigenvalue weighted by molar-refractivity contribution is 6.36. The summed E-state index contributed by atoms with van der Waals surface area (Å²) in [4.78, 5) is 38.8. The maximum atomic E-state index is 14.4. The van der Waals surface area contributed by atoms with Crippen LogP contribution >= 0.6 is 11.6 Å². The van der Waals surface area contributed by atoms with E-state index in [1.165, 1.54) is 34.2 Å². The summed E-state index contributed by atoms with van der Waals surface area (Å²) in [5.41, 5.74) is 2.64. The number of aromatic amines is 1. The zero-order chi connectivity index (χ0) is 29.8. The van der Waals surface area contributed by atoms with Crippen LogP contribution in [0, 0.1) is 17.1 Å². The molecular weight excluding hydrogens is 574 g/mol. The van der Waals surface area contributed by atoms with E-state index >= 15 is 0 Å². The van der Waals surface area contributed by atoms with Crippen molar-refractivity contribution in [2.24, 2.45) is 0 Å². The van der Waals surface area contributed by atoms with Gasteiger partial charge in [-0.05, 0) is 74.2 Å². The molecule has 1 amide bonds. The van der Waals surface area contributed by atoms with Crippen molar-refractivity contribution in [1.82, 2.24) is 24.3 Å². The number of nitrogens with zero attached hydrogens (tertiary/aromatic N) is 5. The second-order valence-electron chi connectivity index (χ2n) is 11.7. The number of alkyl halides is 1. The molecule has 4 aromatic rings. The third-order valence-electron chi connectivity index (χ3n) is 8.64. The first-order chi connectivity index (χ1) is 20.8. The molecule has 0 atom stereocenters. The highest BCUT2D eigenvalue weighted by Crippen LogP contribution is 2.41. The predicted molar refractivity (Wildman–Crippen MR) is 159 cm³/mol. The Morgan fingerprint density at radius 3 is 2.60 bits per heavy atom. The van der Waals surface area contributed by atoms with Gasteiger partial charge in [0.1, 0.15) is 29.4 Å². The maximum Gasteiger partial charge on any atom is 0.280 e. The Balaban J connectivity index is 1.35. The first-order valence-corrected chi connectivity index (χ1v) is 15.0. The highest BCUT2D eigenvalue weighted by atomic mass is 35.5. The van der Waals surface area contributed by atoms with Crippen LogP contribution < -0.4 is 5.56 Å². The minimum atomic E-state index is -1.09. The number of hydrogen-bond donors (Lipinski definition) is 1. The van der Waals surface area contributed by atoms with Gasteiger partial charge in [0, 0.05) is 35.4 Å². The Hall–Kier alpha value is -4.07. The molecule has 43 heavy (non-hydrogen) atoms. The number of hydrogen-bond acceptors (Lipinski definition) is 5. The molecule has 2 saturated heterocycles. The summed E-state index contributed by atoms with van der Waals surface area (Å²) < 4.78 is 29.2. The van der Waals surface area contributed by atoms with Gasteiger partial charge in [0.2, 0.25) is 0 Å². The van der Waals surface area contributed by atoms with Crippen molar-refractivity contribution in [3.63, 3.8) is 0 Å². The van der Waals surface area contributed by atoms with Gasteiger partial charge in [-0.1, -0.05) is 24.1 Å². The molecule has 0 spiro atoms. The molecule has 1 aliphatic carbocycles. The largest absolute Gasteiger partial charge is 0.352 e. The number of amides is 1. The Morgan fingerprint density at radius 1 is 1.14 bits per heavy atom. The average molecular weight is 603 g/mol. The summed E-state index contributed by atoms with van der Waals surface area (Å²) in [6.07, 6.45) is 5.63. The number of piperidine rings is 1. The highest BCUT2D eigenvalue weighted by Gasteiger charge is 2.33. The lowest BCUT2D eigenvalue weighted by Crippen LogP contribution is -2.51. The topological polar surface area (TPSA) is 98.0 Å². The van der Waals surface area contributed by atoms with Crippen molar-refractivity contribution in [2.75, 3.05) is 26.2 Å². The Labute approximate surface area is 251 Å². The predicted octanol–water partition coefficient (Wildman–Crippen LogP) is 5.70. The van der Waals surface area contributed by atoms with Gasteiger partial charge in [-0.2, -0.15) is 5.26 Å². The molecule has 220 valence electrons. The Morgan fingerprint density at radius 2 is 1.91 bits per heavy atom. The van der Waals surface area contributed by atoms with E-state index in [9.17, 15) is 23.6 Å². The van der Waals surface area contributed by atoms with Crippen LogP contribution in [0.25, 0.3) is 27.8 Å². The molecule has 1 aromatic carbocycles. The zero-order valence-electron chi connectivity index (χ0n) is 23.4. The van der Waals surface area contributed by atoms with E-state index in [1.54, 1.807) is 6.07 Å². The summed E-state index contributed by atoms with van der Waals surface area (Å²) in [5, 5.41) is 10.9. The lowest BCUT2D eigenvalue weighted by Gasteiger charge is -2.34. The number of pyridine rings is 2. The van der Waals surface area contributed by atoms with E-state index in [-0.39, 0.29) is 41.5 Å². The van der Waals surface area contributed by atoms with Crippen molar-refractivity contribution in [1.29, 1.82) is 5.26 Å². The van der Waals surface area contributed by atoms with Crippen LogP contribution in [-0.4, -0.2) is 62.6 Å². The van der Waals surface area contributed by atoms with Crippen molar-refractivity contribution in [2.45, 2.75) is 50.7 Å². The molecule has 11 heteroatoms. The molecule has 3 aromatic heterocycles. The number of halogens is 3. The minimum Gasteiger partial charge on any atom is -0.352 e. The molecule has 0 unspecified atom stereocenters. The lowest BCUT2D eigenvalue weighted by atomic mass is 9.96. The van der Waals surface area contributed by atoms with Crippen LogP contribution in [0.4, 0.5) is 8.78 Å². The van der Waals surface area contributed by atoms with Crippen LogP contribution in [0.3, 0.4) is 0 Å². The van der Waals surface area contributed by atoms with E-state index < -0.39 is 23.5 Å². The van der Waals surface area contributed by atoms with Crippen molar-refractivity contribution >= 4 is 28.4 Å². The smallest absolute Gasteiger partial charge is 0.280 e. The number of benzene rings is 1. The number of nitriles is 1. The number of carbonyl (C=O) groups excluding carboxylic acids is 1. The first-order valence-electron chi connectivity index (χ1n) is 14.6. The number of nitrogens with one attached hydrogen (secondary N) is 1. The number of rotatable bonds is 6. The zero-order valence-corrected chi connectivity index (χ0v) is 24.1. The Kier molecular flexibility index (Phi) is 7.02. The summed E-state index contributed by atoms with van der Waals surface area (Å²) in [6, 6.07) is 9.67. The van der Waals surface area contributed by atoms with E-state index in [1.807, 2.05) is 6.07 Å². The van der Waals surface area contributed by atoms with Gasteiger partial charge in [-0.15, -0.1) is 0 Å². The molecule has 3 aliphatic rings. The van der Waals surface area contributed by atoms with Crippen LogP contribution in [0.15, 0.2) is 41.3 Å². The first kappa shape index (κ1) is 27.7. The van der Waals surface area contributed by atoms with E-state index in [0.717, 1.165) is 50.5 Å². The van der Waals surface area contributed by atoms with Gasteiger partial charge in [-0.25, -0.2) is 13.8 Å². The number of aromatic nitrogens is 3. The fourth-order valence-electron chi connectivity index (χ4n) is 6.13. The normalized spacial score (nSPS) is 17.7. The number of likely N-dealkylation sites (tertiary alicyclic amines) is 2. The molecule has 0 bridgehead atoms. The van der Waals surface area contributed by atoms with Crippen LogP contribution in [0.1, 0.15) is 65.3 Å². The fraction of sp³-hybridized carbons (Fsp3) is 0.375. The molecule has 1 N–H and O–H groups in total. The summed E-state index contributed by atoms with van der Waals surface area (Å²) in [6.45, 7) is 2.38. The number of carbonyl (C=O) groups is 1. The minimum absolute atomic E-state index is 0.0332. The van der Waals surface area contributed by atoms with Gasteiger partial charge >= 0.3 is 0 Å². The number of fused-ring (bicyclic) bond motifs is 1. The second kappa shape index (κ2) is 10.9. The molecule has 1 saturated carbocycles. The summed E-state index contributed by atoms with van der Waals surface area (Å²) >= 11 is 6.76. The average Bonchev–Trinajstić information content (AvgIpc) is 3.80. The van der Waals surface area contributed by atoms with Crippen molar-refractivity contribution in [3.05, 3.63) is 80.2 Å². The number of H-pyrrole nitrogens is 1. The second-order valence-corrected chi connectivity index (χ2v) is 12.1. The molecule has 8 nitrogen and oxygen atoms in total. The van der Waals surface area contributed by atoms with E-state index in [4.69, 9.17) is 16.6 Å². The Bertz CT molecular complexity index is 1860. The van der Waals surface area contributed by atoms with Gasteiger partial charge in [0.05, 0.1) is 29.2 Å². The fourth-order valence-corrected chi connectivity index (χ4v) is 6.43. The molecule has 5 heterocycles. The summed E-state index contributed by atoms with van der Waals surface area (Å²) in [5.74, 6) is -0.568. The van der Waals surface area contributed by atoms with Gasteiger partial charge in [-0.3, -0.25) is 19.1 Å². The molecule has 3 fully saturated rings. The standard InChI is InChI=1S/C32H29ClF2N6O2/c33-29-26(17-39-8-2-1-3-9-39)38-30-28(29)20(13-36)14-41(32(30)43)27-11-19(10-25(37-27)18-4-5-18)23-7-6-21(34)12-24(23)31(42)40-15-22(35)16-40/h6-7,10-12,14,18,22,38H,1-5,8-9,15-17H2. The molecule has 0 radical (unpaired) electrons. The third kappa shape index (κ3) is 5.11. The van der Waals surface area contributed by atoms with Crippen LogP contribution in [-0.2, 0) is 6.54 Å². The van der Waals surface area contributed by atoms with Crippen molar-refractivity contribution < 1.29 is 13.6 Å². The van der Waals surface area contributed by atoms with Crippen LogP contribution in [0.5, 0.6) is 0 Å². The summed E-state index contributed by atoms with van der Waals surface area (Å²) in [7, 11) is 0. The van der Waals surface area contributed by atoms with Gasteiger partial charge in [0.25, 0.3) is 11.5 Å². The van der Waals surface area contributed by atoms with Crippen LogP contribution in [0.2, 0.25) is 5.02 Å². The molecule has 7 rings (SSSR count). The molecular formula is C32H29ClF2N6O2.